The number of carboxylic acid groups (broad SMARTS) is 1. The first-order valence-electron chi connectivity index (χ1n) is 4.05. The predicted molar refractivity (Wildman–Crippen MR) is 55.0 cm³/mol. The topological polar surface area (TPSA) is 61.1 Å². The van der Waals surface area contributed by atoms with E-state index in [1.54, 1.807) is 0 Å². The van der Waals surface area contributed by atoms with Crippen molar-refractivity contribution in [2.24, 2.45) is 0 Å². The Labute approximate surface area is 86.4 Å². The Morgan fingerprint density at radius 1 is 1.50 bits per heavy atom. The van der Waals surface area contributed by atoms with Gasteiger partial charge in [-0.2, -0.15) is 5.26 Å². The first-order valence-corrected chi connectivity index (χ1v) is 4.93. The van der Waals surface area contributed by atoms with Crippen molar-refractivity contribution in [2.75, 3.05) is 0 Å². The Hall–Kier alpha value is -1.47. The third kappa shape index (κ3) is 3.11. The molecule has 0 aliphatic heterocycles. The molecule has 4 heteroatoms. The largest absolute Gasteiger partial charge is 0.473 e. The lowest BCUT2D eigenvalue weighted by Crippen LogP contribution is -1.96. The third-order valence-electron chi connectivity index (χ3n) is 1.69. The second kappa shape index (κ2) is 5.30. The molecule has 0 amide bonds. The third-order valence-corrected chi connectivity index (χ3v) is 2.62. The summed E-state index contributed by atoms with van der Waals surface area (Å²) in [6.45, 7) is 0. The van der Waals surface area contributed by atoms with Gasteiger partial charge in [-0.1, -0.05) is 30.3 Å². The first kappa shape index (κ1) is 10.6. The molecule has 0 aliphatic rings. The van der Waals surface area contributed by atoms with Crippen LogP contribution >= 0.6 is 11.8 Å². The van der Waals surface area contributed by atoms with E-state index in [2.05, 4.69) is 0 Å². The quantitative estimate of drug-likeness (QED) is 0.827. The van der Waals surface area contributed by atoms with Crippen molar-refractivity contribution >= 4 is 17.1 Å². The minimum Gasteiger partial charge on any atom is -0.473 e. The van der Waals surface area contributed by atoms with E-state index in [4.69, 9.17) is 10.4 Å². The van der Waals surface area contributed by atoms with E-state index in [0.29, 0.717) is 0 Å². The van der Waals surface area contributed by atoms with Gasteiger partial charge >= 0.3 is 5.30 Å². The molecule has 0 fully saturated rings. The number of benzene rings is 1. The lowest BCUT2D eigenvalue weighted by molar-refractivity contribution is 0.222. The van der Waals surface area contributed by atoms with E-state index in [-0.39, 0.29) is 11.7 Å². The zero-order valence-corrected chi connectivity index (χ0v) is 8.20. The highest BCUT2D eigenvalue weighted by atomic mass is 32.2. The number of nitriles is 1. The fourth-order valence-electron chi connectivity index (χ4n) is 1.10. The van der Waals surface area contributed by atoms with Gasteiger partial charge in [0.1, 0.15) is 0 Å². The monoisotopic (exact) mass is 207 g/mol. The van der Waals surface area contributed by atoms with Crippen LogP contribution in [0, 0.1) is 11.3 Å². The minimum absolute atomic E-state index is 0.209. The van der Waals surface area contributed by atoms with Crippen LogP contribution < -0.4 is 0 Å². The Morgan fingerprint density at radius 3 is 2.64 bits per heavy atom. The molecule has 0 aromatic heterocycles. The molecule has 1 aromatic carbocycles. The van der Waals surface area contributed by atoms with Crippen LogP contribution in [0.1, 0.15) is 17.2 Å². The van der Waals surface area contributed by atoms with Gasteiger partial charge in [-0.3, -0.25) is 0 Å². The molecule has 0 spiro atoms. The fourth-order valence-corrected chi connectivity index (χ4v) is 1.79. The molecule has 0 heterocycles. The van der Waals surface area contributed by atoms with Gasteiger partial charge in [-0.25, -0.2) is 4.79 Å². The molecular weight excluding hydrogens is 198 g/mol. The minimum atomic E-state index is -0.950. The van der Waals surface area contributed by atoms with Crippen LogP contribution in [0.5, 0.6) is 0 Å². The standard InChI is InChI=1S/C10H9NO2S/c11-7-6-9(14-10(12)13)8-4-2-1-3-5-8/h1-5,9H,6H2,(H,12,13)/t9-/m0/s1. The molecule has 0 aliphatic carbocycles. The maximum atomic E-state index is 10.5. The molecule has 72 valence electrons. The average molecular weight is 207 g/mol. The SMILES string of the molecule is N#CC[C@H](SC(=O)O)c1ccccc1. The Morgan fingerprint density at radius 2 is 2.14 bits per heavy atom. The van der Waals surface area contributed by atoms with Crippen LogP contribution in [0.15, 0.2) is 30.3 Å². The molecule has 0 unspecified atom stereocenters. The fraction of sp³-hybridized carbons (Fsp3) is 0.200. The van der Waals surface area contributed by atoms with Gasteiger partial charge in [0, 0.05) is 0 Å². The highest BCUT2D eigenvalue weighted by molar-refractivity contribution is 8.13. The van der Waals surface area contributed by atoms with E-state index >= 15 is 0 Å². The molecule has 0 bridgehead atoms. The van der Waals surface area contributed by atoms with Gasteiger partial charge in [-0.15, -0.1) is 0 Å². The van der Waals surface area contributed by atoms with Crippen molar-refractivity contribution in [1.82, 2.24) is 0 Å². The summed E-state index contributed by atoms with van der Waals surface area (Å²) in [5.41, 5.74) is 0.876. The van der Waals surface area contributed by atoms with Gasteiger partial charge in [0.05, 0.1) is 17.7 Å². The van der Waals surface area contributed by atoms with Crippen LogP contribution in [0.3, 0.4) is 0 Å². The number of rotatable bonds is 3. The smallest absolute Gasteiger partial charge is 0.365 e. The van der Waals surface area contributed by atoms with E-state index in [0.717, 1.165) is 17.3 Å². The van der Waals surface area contributed by atoms with Crippen molar-refractivity contribution in [3.05, 3.63) is 35.9 Å². The van der Waals surface area contributed by atoms with Crippen LogP contribution in [0.4, 0.5) is 4.79 Å². The van der Waals surface area contributed by atoms with Crippen molar-refractivity contribution in [1.29, 1.82) is 5.26 Å². The van der Waals surface area contributed by atoms with Gasteiger partial charge in [-0.05, 0) is 17.3 Å². The summed E-state index contributed by atoms with van der Waals surface area (Å²) < 4.78 is 0. The van der Waals surface area contributed by atoms with Crippen LogP contribution in [0.2, 0.25) is 0 Å². The van der Waals surface area contributed by atoms with Crippen LogP contribution in [-0.2, 0) is 0 Å². The Bertz CT molecular complexity index is 345. The zero-order chi connectivity index (χ0) is 10.4. The second-order valence-electron chi connectivity index (χ2n) is 2.65. The van der Waals surface area contributed by atoms with Gasteiger partial charge in [0.15, 0.2) is 0 Å². The van der Waals surface area contributed by atoms with E-state index < -0.39 is 5.30 Å². The maximum Gasteiger partial charge on any atom is 0.365 e. The van der Waals surface area contributed by atoms with Gasteiger partial charge in [0.25, 0.3) is 0 Å². The van der Waals surface area contributed by atoms with Crippen molar-refractivity contribution in [2.45, 2.75) is 11.7 Å². The lowest BCUT2D eigenvalue weighted by Gasteiger charge is -2.09. The Kier molecular flexibility index (Phi) is 4.02. The Balaban J connectivity index is 2.78. The van der Waals surface area contributed by atoms with Gasteiger partial charge in [0.2, 0.25) is 0 Å². The number of nitrogens with zero attached hydrogens (tertiary/aromatic N) is 1. The van der Waals surface area contributed by atoms with E-state index in [1.165, 1.54) is 0 Å². The summed E-state index contributed by atoms with van der Waals surface area (Å²) in [5.74, 6) is 0. The summed E-state index contributed by atoms with van der Waals surface area (Å²) in [5, 5.41) is 16.0. The molecule has 3 nitrogen and oxygen atoms in total. The van der Waals surface area contributed by atoms with E-state index in [1.807, 2.05) is 36.4 Å². The molecule has 1 aromatic rings. The molecule has 1 N–H and O–H groups in total. The zero-order valence-electron chi connectivity index (χ0n) is 7.38. The van der Waals surface area contributed by atoms with E-state index in [9.17, 15) is 4.79 Å². The summed E-state index contributed by atoms with van der Waals surface area (Å²) in [6, 6.07) is 11.2. The van der Waals surface area contributed by atoms with Crippen molar-refractivity contribution in [3.8, 4) is 6.07 Å². The number of hydrogen-bond donors (Lipinski definition) is 1. The molecule has 1 rings (SSSR count). The molecule has 14 heavy (non-hydrogen) atoms. The second-order valence-corrected chi connectivity index (χ2v) is 3.80. The van der Waals surface area contributed by atoms with Crippen LogP contribution in [-0.4, -0.2) is 10.4 Å². The molecular formula is C10H9NO2S. The summed E-state index contributed by atoms with van der Waals surface area (Å²) in [6.07, 6.45) is 0.209. The molecule has 0 saturated carbocycles. The number of thioether (sulfide) groups is 1. The summed E-state index contributed by atoms with van der Waals surface area (Å²) >= 11 is 0.771. The highest BCUT2D eigenvalue weighted by Crippen LogP contribution is 2.31. The molecule has 0 saturated heterocycles. The van der Waals surface area contributed by atoms with Crippen molar-refractivity contribution < 1.29 is 9.90 Å². The average Bonchev–Trinajstić information content (AvgIpc) is 2.18. The van der Waals surface area contributed by atoms with Crippen LogP contribution in [0.25, 0.3) is 0 Å². The molecule has 0 radical (unpaired) electrons. The van der Waals surface area contributed by atoms with Crippen molar-refractivity contribution in [3.63, 3.8) is 0 Å². The first-order chi connectivity index (χ1) is 6.74. The van der Waals surface area contributed by atoms with Gasteiger partial charge < -0.3 is 5.11 Å². The molecule has 1 atom stereocenters. The lowest BCUT2D eigenvalue weighted by atomic mass is 10.1. The summed E-state index contributed by atoms with van der Waals surface area (Å²) in [7, 11) is 0. The predicted octanol–water partition coefficient (Wildman–Crippen LogP) is 3.05. The normalized spacial score (nSPS) is 11.6. The maximum absolute atomic E-state index is 10.5. The number of hydrogen-bond acceptors (Lipinski definition) is 3. The highest BCUT2D eigenvalue weighted by Gasteiger charge is 2.15. The number of carbonyl (C=O) groups is 1. The summed E-state index contributed by atoms with van der Waals surface area (Å²) in [4.78, 5) is 10.5.